The number of hydrogen-bond acceptors (Lipinski definition) is 0. The van der Waals surface area contributed by atoms with Gasteiger partial charge in [0.25, 0.3) is 0 Å². The minimum Gasteiger partial charge on any atom is -0.204 e. The van der Waals surface area contributed by atoms with Crippen molar-refractivity contribution >= 4 is 8.80 Å². The van der Waals surface area contributed by atoms with E-state index in [1.165, 1.54) is 68.3 Å². The molecule has 3 rings (SSSR count). The molecule has 1 fully saturated rings. The van der Waals surface area contributed by atoms with Crippen LogP contribution in [0, 0.1) is 29.4 Å². The van der Waals surface area contributed by atoms with Crippen LogP contribution in [0.25, 0.3) is 0 Å². The summed E-state index contributed by atoms with van der Waals surface area (Å²) in [5, 5.41) is 0. The van der Waals surface area contributed by atoms with E-state index in [-0.39, 0.29) is 8.80 Å². The van der Waals surface area contributed by atoms with Crippen LogP contribution in [-0.2, 0) is 6.42 Å². The molecule has 1 aliphatic heterocycles. The van der Waals surface area contributed by atoms with Crippen molar-refractivity contribution in [3.8, 4) is 11.8 Å². The second-order valence-electron chi connectivity index (χ2n) is 8.26. The molecule has 0 amide bonds. The van der Waals surface area contributed by atoms with E-state index >= 15 is 0 Å². The van der Waals surface area contributed by atoms with Gasteiger partial charge in [-0.15, -0.1) is 0 Å². The predicted molar refractivity (Wildman–Crippen MR) is 120 cm³/mol. The lowest BCUT2D eigenvalue weighted by molar-refractivity contribution is 0.437. The third kappa shape index (κ3) is 7.12. The van der Waals surface area contributed by atoms with Crippen LogP contribution in [0.1, 0.15) is 62.1 Å². The monoisotopic (exact) mass is 409 g/mol. The summed E-state index contributed by atoms with van der Waals surface area (Å²) in [4.78, 5) is 0. The summed E-state index contributed by atoms with van der Waals surface area (Å²) in [5.41, 5.74) is 2.75. The zero-order chi connectivity index (χ0) is 20.5. The molecule has 1 heterocycles. The Kier molecular flexibility index (Phi) is 8.49. The maximum absolute atomic E-state index is 13.2. The molecule has 0 saturated carbocycles. The number of unbranched alkanes of at least 4 members (excludes halogenated alkanes) is 2. The van der Waals surface area contributed by atoms with Crippen molar-refractivity contribution in [2.75, 3.05) is 0 Å². The quantitative estimate of drug-likeness (QED) is 0.254. The highest BCUT2D eigenvalue weighted by atomic mass is 28.3. The Labute approximate surface area is 176 Å². The number of aryl methyl sites for hydroxylation is 1. The third-order valence-corrected chi connectivity index (χ3v) is 9.06. The molecule has 29 heavy (non-hydrogen) atoms. The van der Waals surface area contributed by atoms with Crippen molar-refractivity contribution in [3.63, 3.8) is 0 Å². The van der Waals surface area contributed by atoms with Crippen LogP contribution in [-0.4, -0.2) is 8.80 Å². The van der Waals surface area contributed by atoms with Crippen LogP contribution in [0.4, 0.5) is 8.78 Å². The van der Waals surface area contributed by atoms with Gasteiger partial charge in [-0.25, -0.2) is 8.78 Å². The lowest BCUT2D eigenvalue weighted by Crippen LogP contribution is -2.21. The molecule has 0 N–H and O–H groups in total. The SMILES string of the molecule is CCCCC[Si]1CCC(CCc2ccc(C#Cc3ccc(F)c(F)c3)cc2)CC1. The number of rotatable bonds is 7. The van der Waals surface area contributed by atoms with E-state index in [0.717, 1.165) is 30.0 Å². The summed E-state index contributed by atoms with van der Waals surface area (Å²) in [7, 11) is -0.0340. The van der Waals surface area contributed by atoms with Crippen LogP contribution >= 0.6 is 0 Å². The van der Waals surface area contributed by atoms with Gasteiger partial charge in [0, 0.05) is 19.9 Å². The van der Waals surface area contributed by atoms with Crippen molar-refractivity contribution < 1.29 is 8.78 Å². The van der Waals surface area contributed by atoms with Crippen LogP contribution < -0.4 is 0 Å². The van der Waals surface area contributed by atoms with Gasteiger partial charge in [-0.1, -0.05) is 81.1 Å². The maximum atomic E-state index is 13.2. The Balaban J connectivity index is 1.43. The second-order valence-corrected chi connectivity index (χ2v) is 11.3. The zero-order valence-corrected chi connectivity index (χ0v) is 18.4. The van der Waals surface area contributed by atoms with E-state index in [4.69, 9.17) is 0 Å². The highest BCUT2D eigenvalue weighted by molar-refractivity contribution is 6.58. The first-order valence-electron chi connectivity index (χ1n) is 11.0. The van der Waals surface area contributed by atoms with Crippen molar-refractivity contribution in [2.45, 2.75) is 70.0 Å². The van der Waals surface area contributed by atoms with E-state index < -0.39 is 11.6 Å². The van der Waals surface area contributed by atoms with Crippen LogP contribution in [0.5, 0.6) is 0 Å². The predicted octanol–water partition coefficient (Wildman–Crippen LogP) is 7.39. The fourth-order valence-corrected chi connectivity index (χ4v) is 7.23. The lowest BCUT2D eigenvalue weighted by atomic mass is 9.94. The molecule has 0 nitrogen and oxygen atoms in total. The second kappa shape index (κ2) is 11.3. The summed E-state index contributed by atoms with van der Waals surface area (Å²) >= 11 is 0. The van der Waals surface area contributed by atoms with E-state index in [1.807, 2.05) is 12.1 Å². The van der Waals surface area contributed by atoms with Gasteiger partial charge in [-0.3, -0.25) is 0 Å². The van der Waals surface area contributed by atoms with E-state index in [9.17, 15) is 8.78 Å². The van der Waals surface area contributed by atoms with E-state index in [0.29, 0.717) is 5.56 Å². The minimum atomic E-state index is -0.857. The molecule has 3 heteroatoms. The molecule has 0 atom stereocenters. The Hall–Kier alpha value is -1.92. The highest BCUT2D eigenvalue weighted by Crippen LogP contribution is 2.31. The first-order chi connectivity index (χ1) is 14.1. The first-order valence-corrected chi connectivity index (χ1v) is 13.2. The smallest absolute Gasteiger partial charge is 0.160 e. The largest absolute Gasteiger partial charge is 0.204 e. The maximum Gasteiger partial charge on any atom is 0.160 e. The van der Waals surface area contributed by atoms with Crippen molar-refractivity contribution in [3.05, 3.63) is 70.8 Å². The fraction of sp³-hybridized carbons (Fsp3) is 0.462. The van der Waals surface area contributed by atoms with Gasteiger partial charge in [-0.2, -0.15) is 0 Å². The summed E-state index contributed by atoms with van der Waals surface area (Å²) < 4.78 is 26.2. The molecule has 0 spiro atoms. The highest BCUT2D eigenvalue weighted by Gasteiger charge is 2.21. The van der Waals surface area contributed by atoms with E-state index in [2.05, 4.69) is 30.9 Å². The first kappa shape index (κ1) is 21.8. The van der Waals surface area contributed by atoms with Crippen molar-refractivity contribution in [1.82, 2.24) is 0 Å². The molecule has 1 saturated heterocycles. The Morgan fingerprint density at radius 3 is 2.28 bits per heavy atom. The summed E-state index contributed by atoms with van der Waals surface area (Å²) in [6.45, 7) is 2.29. The molecule has 153 valence electrons. The Morgan fingerprint density at radius 1 is 0.897 bits per heavy atom. The standard InChI is InChI=1S/C26H31F2Si/c1-2-3-4-17-29-18-15-23(16-19-29)10-9-21-5-7-22(8-6-21)11-12-24-13-14-25(27)26(28)20-24/h5-8,13-14,20,23H,2-4,9-10,15-19H2,1H3. The van der Waals surface area contributed by atoms with Crippen molar-refractivity contribution in [1.29, 1.82) is 0 Å². The van der Waals surface area contributed by atoms with Gasteiger partial charge in [0.15, 0.2) is 11.6 Å². The van der Waals surface area contributed by atoms with Gasteiger partial charge in [-0.05, 0) is 54.7 Å². The lowest BCUT2D eigenvalue weighted by Gasteiger charge is -2.27. The van der Waals surface area contributed by atoms with E-state index in [1.54, 1.807) is 0 Å². The summed E-state index contributed by atoms with van der Waals surface area (Å²) in [5.74, 6) is 5.14. The Bertz CT molecular complexity index is 824. The molecule has 0 aromatic heterocycles. The normalized spacial score (nSPS) is 15.1. The average Bonchev–Trinajstić information content (AvgIpc) is 2.75. The van der Waals surface area contributed by atoms with Crippen LogP contribution in [0.3, 0.4) is 0 Å². The average molecular weight is 410 g/mol. The van der Waals surface area contributed by atoms with Crippen LogP contribution in [0.2, 0.25) is 18.1 Å². The van der Waals surface area contributed by atoms with Gasteiger partial charge in [0.1, 0.15) is 0 Å². The van der Waals surface area contributed by atoms with Crippen LogP contribution in [0.15, 0.2) is 42.5 Å². The number of benzene rings is 2. The van der Waals surface area contributed by atoms with Gasteiger partial charge >= 0.3 is 0 Å². The third-order valence-electron chi connectivity index (χ3n) is 6.01. The van der Waals surface area contributed by atoms with Gasteiger partial charge in [0.2, 0.25) is 0 Å². The molecule has 1 radical (unpaired) electrons. The zero-order valence-electron chi connectivity index (χ0n) is 17.4. The molecule has 2 aromatic carbocycles. The molecule has 0 bridgehead atoms. The molecule has 0 aliphatic carbocycles. The molecular formula is C26H31F2Si. The van der Waals surface area contributed by atoms with Crippen molar-refractivity contribution in [2.24, 2.45) is 5.92 Å². The fourth-order valence-electron chi connectivity index (χ4n) is 4.09. The molecule has 2 aromatic rings. The van der Waals surface area contributed by atoms with Gasteiger partial charge < -0.3 is 0 Å². The summed E-state index contributed by atoms with van der Waals surface area (Å²) in [6, 6.07) is 16.7. The molecular weight excluding hydrogens is 378 g/mol. The summed E-state index contributed by atoms with van der Waals surface area (Å²) in [6.07, 6.45) is 9.53. The number of halogens is 2. The molecule has 1 aliphatic rings. The molecule has 0 unspecified atom stereocenters. The topological polar surface area (TPSA) is 0 Å². The minimum absolute atomic E-state index is 0.0340. The van der Waals surface area contributed by atoms with Gasteiger partial charge in [0.05, 0.1) is 0 Å². The Morgan fingerprint density at radius 2 is 1.59 bits per heavy atom. The number of hydrogen-bond donors (Lipinski definition) is 0.